The lowest BCUT2D eigenvalue weighted by Crippen LogP contribution is -2.27. The molecule has 0 saturated carbocycles. The minimum atomic E-state index is -0.751. The van der Waals surface area contributed by atoms with Crippen molar-refractivity contribution in [3.8, 4) is 0 Å². The van der Waals surface area contributed by atoms with E-state index in [4.69, 9.17) is 3.79 Å². The molecule has 0 aromatic carbocycles. The average molecular weight is 170 g/mol. The normalized spacial score (nSPS) is 20.5. The van der Waals surface area contributed by atoms with Crippen molar-refractivity contribution in [3.63, 3.8) is 0 Å². The summed E-state index contributed by atoms with van der Waals surface area (Å²) in [5.74, 6) is 0. The molecule has 1 saturated heterocycles. The van der Waals surface area contributed by atoms with Crippen LogP contribution in [-0.2, 0) is 3.79 Å². The largest absolute Gasteiger partial charge is 0.501 e. The molecule has 0 aromatic rings. The second-order valence-corrected chi connectivity index (χ2v) is 7.32. The monoisotopic (exact) mass is 170 g/mol. The van der Waals surface area contributed by atoms with E-state index in [9.17, 15) is 0 Å². The smallest absolute Gasteiger partial charge is 0.461 e. The fourth-order valence-corrected chi connectivity index (χ4v) is 4.75. The van der Waals surface area contributed by atoms with Crippen LogP contribution in [0.5, 0.6) is 0 Å². The van der Waals surface area contributed by atoms with E-state index in [2.05, 4.69) is 20.8 Å². The Morgan fingerprint density at radius 1 is 1.27 bits per heavy atom. The lowest BCUT2D eigenvalue weighted by molar-refractivity contribution is 0.274. The summed E-state index contributed by atoms with van der Waals surface area (Å²) in [5, 5.41) is 2.77. The summed E-state index contributed by atoms with van der Waals surface area (Å²) in [7, 11) is 0. The van der Waals surface area contributed by atoms with Crippen molar-refractivity contribution in [2.75, 3.05) is 6.61 Å². The van der Waals surface area contributed by atoms with Gasteiger partial charge in [-0.25, -0.2) is 0 Å². The van der Waals surface area contributed by atoms with Gasteiger partial charge in [0.05, 0.1) is 0 Å². The summed E-state index contributed by atoms with van der Waals surface area (Å²) in [6, 6.07) is 0. The maximum atomic E-state index is 5.79. The molecular formula is C9H19AlO. The molecule has 0 bridgehead atoms. The van der Waals surface area contributed by atoms with E-state index in [1.165, 1.54) is 23.4 Å². The van der Waals surface area contributed by atoms with Gasteiger partial charge in [-0.15, -0.1) is 0 Å². The molecule has 1 aliphatic heterocycles. The van der Waals surface area contributed by atoms with Crippen LogP contribution in [0.4, 0.5) is 0 Å². The van der Waals surface area contributed by atoms with Gasteiger partial charge in [0.15, 0.2) is 0 Å². The SMILES string of the molecule is CC(C)(C)[CH2][Al]1[CH2]CCC[O]1. The molecule has 1 rings (SSSR count). The summed E-state index contributed by atoms with van der Waals surface area (Å²) in [5.41, 5.74) is 0.494. The Kier molecular flexibility index (Phi) is 3.43. The zero-order valence-electron chi connectivity index (χ0n) is 8.02. The quantitative estimate of drug-likeness (QED) is 0.550. The third-order valence-electron chi connectivity index (χ3n) is 2.11. The third-order valence-corrected chi connectivity index (χ3v) is 5.55. The van der Waals surface area contributed by atoms with Crippen molar-refractivity contribution in [2.45, 2.75) is 44.2 Å². The lowest BCUT2D eigenvalue weighted by Gasteiger charge is -2.25. The van der Waals surface area contributed by atoms with E-state index < -0.39 is 14.5 Å². The highest BCUT2D eigenvalue weighted by Gasteiger charge is 2.28. The lowest BCUT2D eigenvalue weighted by atomic mass is 10.0. The Balaban J connectivity index is 2.24. The Bertz CT molecular complexity index is 111. The number of rotatable bonds is 1. The van der Waals surface area contributed by atoms with Crippen LogP contribution in [0.1, 0.15) is 33.6 Å². The Hall–Kier alpha value is 0.492. The Labute approximate surface area is 74.9 Å². The van der Waals surface area contributed by atoms with Crippen LogP contribution in [0.25, 0.3) is 0 Å². The van der Waals surface area contributed by atoms with Crippen molar-refractivity contribution >= 4 is 14.5 Å². The molecule has 0 aromatic heterocycles. The first-order valence-corrected chi connectivity index (χ1v) is 6.80. The van der Waals surface area contributed by atoms with Crippen molar-refractivity contribution in [1.82, 2.24) is 0 Å². The summed E-state index contributed by atoms with van der Waals surface area (Å²) >= 11 is -0.751. The highest BCUT2D eigenvalue weighted by molar-refractivity contribution is 6.52. The predicted molar refractivity (Wildman–Crippen MR) is 50.0 cm³/mol. The number of hydrogen-bond donors (Lipinski definition) is 0. The van der Waals surface area contributed by atoms with E-state index in [0.29, 0.717) is 5.41 Å². The van der Waals surface area contributed by atoms with Crippen LogP contribution < -0.4 is 0 Å². The second kappa shape index (κ2) is 3.94. The molecule has 64 valence electrons. The topological polar surface area (TPSA) is 9.23 Å². The first-order chi connectivity index (χ1) is 5.08. The van der Waals surface area contributed by atoms with Crippen molar-refractivity contribution in [1.29, 1.82) is 0 Å². The highest BCUT2D eigenvalue weighted by atomic mass is 27.2. The second-order valence-electron chi connectivity index (χ2n) is 4.75. The van der Waals surface area contributed by atoms with E-state index in [-0.39, 0.29) is 0 Å². The zero-order valence-corrected chi connectivity index (χ0v) is 9.18. The van der Waals surface area contributed by atoms with E-state index in [1.54, 1.807) is 0 Å². The Morgan fingerprint density at radius 3 is 2.45 bits per heavy atom. The minimum absolute atomic E-state index is 0.494. The van der Waals surface area contributed by atoms with Crippen molar-refractivity contribution in [2.24, 2.45) is 5.41 Å². The molecule has 0 radical (unpaired) electrons. The van der Waals surface area contributed by atoms with Gasteiger partial charge in [-0.05, 0) is 11.8 Å². The van der Waals surface area contributed by atoms with Gasteiger partial charge >= 0.3 is 14.5 Å². The predicted octanol–water partition coefficient (Wildman–Crippen LogP) is 2.83. The molecule has 1 nitrogen and oxygen atoms in total. The van der Waals surface area contributed by atoms with Crippen LogP contribution >= 0.6 is 0 Å². The zero-order chi connectivity index (χ0) is 8.32. The first kappa shape index (κ1) is 9.58. The van der Waals surface area contributed by atoms with Crippen LogP contribution in [0, 0.1) is 5.41 Å². The fraction of sp³-hybridized carbons (Fsp3) is 1.00. The standard InChI is InChI=1S/C5H11.C4H8O.Al/c1-5(2,3)4;1-2-3-4-5;/h1H2,2-4H3;1-4H2;/q;-1;+1. The van der Waals surface area contributed by atoms with Crippen molar-refractivity contribution < 1.29 is 3.79 Å². The van der Waals surface area contributed by atoms with Gasteiger partial charge in [0, 0.05) is 6.61 Å². The van der Waals surface area contributed by atoms with Gasteiger partial charge < -0.3 is 3.79 Å². The van der Waals surface area contributed by atoms with Crippen LogP contribution in [0.2, 0.25) is 10.6 Å². The van der Waals surface area contributed by atoms with E-state index in [0.717, 1.165) is 6.61 Å². The molecule has 0 N–H and O–H groups in total. The highest BCUT2D eigenvalue weighted by Crippen LogP contribution is 2.26. The molecule has 0 amide bonds. The maximum absolute atomic E-state index is 5.79. The molecule has 1 heterocycles. The van der Waals surface area contributed by atoms with Crippen LogP contribution in [-0.4, -0.2) is 21.1 Å². The molecule has 0 atom stereocenters. The average Bonchev–Trinajstić information content (AvgIpc) is 1.85. The maximum Gasteiger partial charge on any atom is 0.461 e. The molecule has 0 aliphatic carbocycles. The molecule has 1 aliphatic rings. The van der Waals surface area contributed by atoms with Gasteiger partial charge in [0.1, 0.15) is 0 Å². The van der Waals surface area contributed by atoms with Gasteiger partial charge in [0.2, 0.25) is 0 Å². The molecule has 2 heteroatoms. The van der Waals surface area contributed by atoms with Crippen LogP contribution in [0.3, 0.4) is 0 Å². The van der Waals surface area contributed by atoms with Crippen molar-refractivity contribution in [3.05, 3.63) is 0 Å². The molecular weight excluding hydrogens is 151 g/mol. The Morgan fingerprint density at radius 2 is 2.00 bits per heavy atom. The van der Waals surface area contributed by atoms with Crippen LogP contribution in [0.15, 0.2) is 0 Å². The van der Waals surface area contributed by atoms with Gasteiger partial charge in [-0.1, -0.05) is 37.8 Å². The molecule has 0 spiro atoms. The summed E-state index contributed by atoms with van der Waals surface area (Å²) in [6.45, 7) is 8.00. The molecule has 1 fully saturated rings. The van der Waals surface area contributed by atoms with Gasteiger partial charge in [-0.2, -0.15) is 0 Å². The number of hydrogen-bond acceptors (Lipinski definition) is 1. The summed E-state index contributed by atoms with van der Waals surface area (Å²) < 4.78 is 5.79. The van der Waals surface area contributed by atoms with E-state index >= 15 is 0 Å². The van der Waals surface area contributed by atoms with Gasteiger partial charge in [0.25, 0.3) is 0 Å². The molecule has 0 unspecified atom stereocenters. The van der Waals surface area contributed by atoms with E-state index in [1.807, 2.05) is 0 Å². The minimum Gasteiger partial charge on any atom is -0.501 e. The summed E-state index contributed by atoms with van der Waals surface area (Å²) in [6.07, 6.45) is 2.72. The molecule has 11 heavy (non-hydrogen) atoms. The summed E-state index contributed by atoms with van der Waals surface area (Å²) in [4.78, 5) is 0. The van der Waals surface area contributed by atoms with Gasteiger partial charge in [-0.3, -0.25) is 0 Å². The fourth-order valence-electron chi connectivity index (χ4n) is 1.65. The third kappa shape index (κ3) is 4.16. The first-order valence-electron chi connectivity index (χ1n) is 4.69.